The van der Waals surface area contributed by atoms with Crippen molar-refractivity contribution >= 4 is 0 Å². The molecule has 2 N–H and O–H groups in total. The van der Waals surface area contributed by atoms with Gasteiger partial charge in [0.15, 0.2) is 0 Å². The minimum atomic E-state index is 0.263. The van der Waals surface area contributed by atoms with E-state index in [0.29, 0.717) is 17.1 Å². The molecule has 0 saturated heterocycles. The fourth-order valence-corrected chi connectivity index (χ4v) is 7.23. The van der Waals surface area contributed by atoms with E-state index in [0.717, 1.165) is 24.2 Å². The molecule has 30 heavy (non-hydrogen) atoms. The number of unbranched alkanes of at least 4 members (excludes halogenated alkanes) is 1. The molecule has 0 spiro atoms. The van der Waals surface area contributed by atoms with Gasteiger partial charge in [-0.2, -0.15) is 0 Å². The minimum absolute atomic E-state index is 0.263. The zero-order chi connectivity index (χ0) is 21.5. The van der Waals surface area contributed by atoms with Crippen LogP contribution in [0.3, 0.4) is 0 Å². The highest BCUT2D eigenvalue weighted by Crippen LogP contribution is 2.62. The van der Waals surface area contributed by atoms with Crippen LogP contribution in [-0.2, 0) is 6.42 Å². The van der Waals surface area contributed by atoms with E-state index in [-0.39, 0.29) is 5.54 Å². The maximum Gasteiger partial charge on any atom is 0.115 e. The molecule has 4 rings (SSSR count). The summed E-state index contributed by atoms with van der Waals surface area (Å²) in [5.74, 6) is 3.50. The average molecular weight is 410 g/mol. The molecule has 0 unspecified atom stereocenters. The maximum absolute atomic E-state index is 9.91. The van der Waals surface area contributed by atoms with Crippen LogP contribution in [-0.4, -0.2) is 17.7 Å². The Morgan fingerprint density at radius 2 is 2.03 bits per heavy atom. The van der Waals surface area contributed by atoms with Gasteiger partial charge in [0, 0.05) is 5.54 Å². The summed E-state index contributed by atoms with van der Waals surface area (Å²) in [6, 6.07) is 6.16. The Kier molecular flexibility index (Phi) is 6.10. The van der Waals surface area contributed by atoms with Crippen LogP contribution in [0.25, 0.3) is 0 Å². The Morgan fingerprint density at radius 1 is 1.23 bits per heavy atom. The predicted molar refractivity (Wildman–Crippen MR) is 127 cm³/mol. The van der Waals surface area contributed by atoms with E-state index in [1.807, 2.05) is 12.1 Å². The van der Waals surface area contributed by atoms with E-state index in [2.05, 4.69) is 52.2 Å². The zero-order valence-electron chi connectivity index (χ0n) is 19.9. The molecule has 2 nitrogen and oxygen atoms in total. The molecule has 2 heteroatoms. The van der Waals surface area contributed by atoms with Gasteiger partial charge in [-0.3, -0.25) is 0 Å². The van der Waals surface area contributed by atoms with Gasteiger partial charge >= 0.3 is 0 Å². The van der Waals surface area contributed by atoms with Gasteiger partial charge in [-0.05, 0) is 118 Å². The molecule has 0 aromatic heterocycles. The number of rotatable bonds is 7. The summed E-state index contributed by atoms with van der Waals surface area (Å²) in [4.78, 5) is 0. The van der Waals surface area contributed by atoms with Gasteiger partial charge in [-0.25, -0.2) is 0 Å². The minimum Gasteiger partial charge on any atom is -0.508 e. The molecule has 0 amide bonds. The smallest absolute Gasteiger partial charge is 0.115 e. The Bertz CT molecular complexity index is 794. The quantitative estimate of drug-likeness (QED) is 0.376. The first-order chi connectivity index (χ1) is 14.2. The van der Waals surface area contributed by atoms with Gasteiger partial charge < -0.3 is 10.4 Å². The van der Waals surface area contributed by atoms with Crippen molar-refractivity contribution in [1.82, 2.24) is 5.32 Å². The second kappa shape index (κ2) is 8.34. The molecule has 3 aliphatic rings. The standard InChI is InChI=1S/C28H43NO/c1-19(8-6-7-16-27(2,3)29-5)25-13-14-26-24-11-9-20-18-21(30)10-12-22(20)23(24)15-17-28(25,26)4/h10,12-13,18-19,23-24,26,29-30H,6-9,11,14-17H2,1-5H3/t19-,23-,24-,26+,28-/m1/s1. The number of aromatic hydroxyl groups is 1. The van der Waals surface area contributed by atoms with Crippen LogP contribution in [0.2, 0.25) is 0 Å². The first kappa shape index (κ1) is 21.9. The van der Waals surface area contributed by atoms with Crippen molar-refractivity contribution in [1.29, 1.82) is 0 Å². The first-order valence-electron chi connectivity index (χ1n) is 12.5. The summed E-state index contributed by atoms with van der Waals surface area (Å²) in [7, 11) is 2.08. The molecule has 0 heterocycles. The van der Waals surface area contributed by atoms with Crippen LogP contribution in [0.1, 0.15) is 96.1 Å². The molecular formula is C28H43NO. The highest BCUT2D eigenvalue weighted by Gasteiger charge is 2.52. The van der Waals surface area contributed by atoms with Crippen LogP contribution < -0.4 is 5.32 Å². The van der Waals surface area contributed by atoms with Gasteiger partial charge in [-0.15, -0.1) is 0 Å². The molecule has 3 aliphatic carbocycles. The molecular weight excluding hydrogens is 366 g/mol. The van der Waals surface area contributed by atoms with E-state index >= 15 is 0 Å². The number of hydrogen-bond donors (Lipinski definition) is 2. The molecule has 0 aliphatic heterocycles. The van der Waals surface area contributed by atoms with Crippen molar-refractivity contribution in [2.45, 2.75) is 96.9 Å². The van der Waals surface area contributed by atoms with Crippen LogP contribution in [0.15, 0.2) is 29.8 Å². The largest absolute Gasteiger partial charge is 0.508 e. The van der Waals surface area contributed by atoms with Crippen LogP contribution in [0.4, 0.5) is 0 Å². The predicted octanol–water partition coefficient (Wildman–Crippen LogP) is 6.98. The molecule has 0 radical (unpaired) electrons. The van der Waals surface area contributed by atoms with Crippen molar-refractivity contribution in [3.63, 3.8) is 0 Å². The molecule has 0 bridgehead atoms. The lowest BCUT2D eigenvalue weighted by Gasteiger charge is -2.51. The Morgan fingerprint density at radius 3 is 2.80 bits per heavy atom. The van der Waals surface area contributed by atoms with E-state index in [9.17, 15) is 5.11 Å². The average Bonchev–Trinajstić information content (AvgIpc) is 3.08. The molecule has 5 atom stereocenters. The van der Waals surface area contributed by atoms with Crippen molar-refractivity contribution < 1.29 is 5.11 Å². The number of phenolic OH excluding ortho intramolecular Hbond substituents is 1. The molecule has 166 valence electrons. The van der Waals surface area contributed by atoms with Gasteiger partial charge in [-0.1, -0.05) is 44.4 Å². The normalized spacial score (nSPS) is 31.5. The number of fused-ring (bicyclic) bond motifs is 5. The highest BCUT2D eigenvalue weighted by molar-refractivity contribution is 5.41. The number of benzene rings is 1. The van der Waals surface area contributed by atoms with E-state index in [1.165, 1.54) is 56.9 Å². The third kappa shape index (κ3) is 3.97. The fourth-order valence-electron chi connectivity index (χ4n) is 7.23. The van der Waals surface area contributed by atoms with Crippen molar-refractivity contribution in [3.05, 3.63) is 41.0 Å². The molecule has 1 aromatic rings. The number of phenols is 1. The summed E-state index contributed by atoms with van der Waals surface area (Å²) in [5, 5.41) is 13.3. The van der Waals surface area contributed by atoms with Crippen LogP contribution >= 0.6 is 0 Å². The number of hydrogen-bond acceptors (Lipinski definition) is 2. The Hall–Kier alpha value is -1.28. The highest BCUT2D eigenvalue weighted by atomic mass is 16.3. The zero-order valence-corrected chi connectivity index (χ0v) is 19.9. The summed E-state index contributed by atoms with van der Waals surface area (Å²) in [6.07, 6.45) is 14.3. The van der Waals surface area contributed by atoms with Crippen LogP contribution in [0, 0.1) is 23.2 Å². The lowest BCUT2D eigenvalue weighted by molar-refractivity contribution is 0.0686. The second-order valence-corrected chi connectivity index (χ2v) is 11.4. The fraction of sp³-hybridized carbons (Fsp3) is 0.714. The van der Waals surface area contributed by atoms with E-state index in [4.69, 9.17) is 0 Å². The van der Waals surface area contributed by atoms with Gasteiger partial charge in [0.05, 0.1) is 0 Å². The SMILES string of the molecule is CNC(C)(C)CCCC[C@@H](C)C1=CC[C@H]2[C@@H]3CCc4cc(O)ccc4[C@H]3CC[C@]12C. The van der Waals surface area contributed by atoms with Crippen LogP contribution in [0.5, 0.6) is 5.75 Å². The van der Waals surface area contributed by atoms with Gasteiger partial charge in [0.1, 0.15) is 5.75 Å². The first-order valence-corrected chi connectivity index (χ1v) is 12.5. The maximum atomic E-state index is 9.91. The number of nitrogens with one attached hydrogen (secondary N) is 1. The van der Waals surface area contributed by atoms with Crippen molar-refractivity contribution in [3.8, 4) is 5.75 Å². The Labute approximate surface area is 184 Å². The Balaban J connectivity index is 1.40. The van der Waals surface area contributed by atoms with Crippen molar-refractivity contribution in [2.24, 2.45) is 23.2 Å². The summed E-state index contributed by atoms with van der Waals surface area (Å²) in [6.45, 7) is 9.71. The third-order valence-corrected chi connectivity index (χ3v) is 9.25. The number of allylic oxidation sites excluding steroid dienone is 2. The lowest BCUT2D eigenvalue weighted by Crippen LogP contribution is -2.42. The van der Waals surface area contributed by atoms with E-state index in [1.54, 1.807) is 11.1 Å². The topological polar surface area (TPSA) is 32.3 Å². The van der Waals surface area contributed by atoms with Gasteiger partial charge in [0.25, 0.3) is 0 Å². The van der Waals surface area contributed by atoms with Gasteiger partial charge in [0.2, 0.25) is 0 Å². The molecule has 1 saturated carbocycles. The summed E-state index contributed by atoms with van der Waals surface area (Å²) >= 11 is 0. The molecule has 1 fully saturated rings. The number of aryl methyl sites for hydroxylation is 1. The molecule has 1 aromatic carbocycles. The summed E-state index contributed by atoms with van der Waals surface area (Å²) < 4.78 is 0. The van der Waals surface area contributed by atoms with E-state index < -0.39 is 0 Å². The monoisotopic (exact) mass is 409 g/mol. The van der Waals surface area contributed by atoms with Crippen molar-refractivity contribution in [2.75, 3.05) is 7.05 Å². The summed E-state index contributed by atoms with van der Waals surface area (Å²) in [5.41, 5.74) is 5.41. The lowest BCUT2D eigenvalue weighted by atomic mass is 9.53. The third-order valence-electron chi connectivity index (χ3n) is 9.25. The second-order valence-electron chi connectivity index (χ2n) is 11.4.